The number of anilines is 1. The number of nitrogens with zero attached hydrogens (tertiary/aromatic N) is 3. The lowest BCUT2D eigenvalue weighted by Crippen LogP contribution is -2.25. The van der Waals surface area contributed by atoms with Gasteiger partial charge in [0.1, 0.15) is 5.75 Å². The number of ether oxygens (including phenoxy) is 1. The van der Waals surface area contributed by atoms with Crippen LogP contribution in [0.4, 0.5) is 5.69 Å². The molecule has 1 amide bonds. The summed E-state index contributed by atoms with van der Waals surface area (Å²) in [6, 6.07) is 13.6. The molecule has 0 N–H and O–H groups in total. The minimum atomic E-state index is -0.168. The summed E-state index contributed by atoms with van der Waals surface area (Å²) in [4.78, 5) is 26.7. The van der Waals surface area contributed by atoms with Crippen molar-refractivity contribution in [3.05, 3.63) is 77.6 Å². The number of aryl methyl sites for hydroxylation is 1. The molecule has 0 saturated heterocycles. The van der Waals surface area contributed by atoms with Crippen molar-refractivity contribution in [3.63, 3.8) is 0 Å². The molecule has 3 rings (SSSR count). The maximum absolute atomic E-state index is 12.6. The lowest BCUT2D eigenvalue weighted by atomic mass is 10.0. The monoisotopic (exact) mass is 349 g/mol. The van der Waals surface area contributed by atoms with E-state index >= 15 is 0 Å². The Hall–Kier alpha value is -3.41. The molecule has 1 aromatic heterocycles. The van der Waals surface area contributed by atoms with E-state index in [4.69, 9.17) is 4.74 Å². The molecule has 0 radical (unpaired) electrons. The molecule has 0 spiro atoms. The molecule has 0 bridgehead atoms. The molecule has 0 aliphatic heterocycles. The Bertz CT molecular complexity index is 945. The largest absolute Gasteiger partial charge is 0.497 e. The van der Waals surface area contributed by atoms with Gasteiger partial charge in [-0.05, 0) is 24.3 Å². The van der Waals surface area contributed by atoms with Gasteiger partial charge in [0.15, 0.2) is 5.78 Å². The summed E-state index contributed by atoms with van der Waals surface area (Å²) < 4.78 is 6.79. The molecule has 0 saturated carbocycles. The van der Waals surface area contributed by atoms with E-state index in [9.17, 15) is 9.59 Å². The van der Waals surface area contributed by atoms with E-state index in [2.05, 4.69) is 5.10 Å². The lowest BCUT2D eigenvalue weighted by Gasteiger charge is -2.15. The van der Waals surface area contributed by atoms with Crippen LogP contribution in [0.1, 0.15) is 26.3 Å². The number of benzene rings is 2. The van der Waals surface area contributed by atoms with Crippen molar-refractivity contribution in [2.75, 3.05) is 19.1 Å². The second-order valence-corrected chi connectivity index (χ2v) is 5.87. The number of aromatic nitrogens is 2. The molecule has 132 valence electrons. The number of carbonyl (C=O) groups excluding carboxylic acids is 2. The van der Waals surface area contributed by atoms with Crippen molar-refractivity contribution in [2.24, 2.45) is 7.05 Å². The molecule has 6 heteroatoms. The van der Waals surface area contributed by atoms with Gasteiger partial charge in [-0.1, -0.05) is 24.3 Å². The van der Waals surface area contributed by atoms with Crippen LogP contribution >= 0.6 is 0 Å². The second-order valence-electron chi connectivity index (χ2n) is 5.87. The Morgan fingerprint density at radius 1 is 1.04 bits per heavy atom. The number of hydrogen-bond acceptors (Lipinski definition) is 4. The first kappa shape index (κ1) is 17.4. The number of hydrogen-bond donors (Lipinski definition) is 0. The molecule has 6 nitrogen and oxygen atoms in total. The van der Waals surface area contributed by atoms with Gasteiger partial charge in [0.25, 0.3) is 5.91 Å². The van der Waals surface area contributed by atoms with Gasteiger partial charge < -0.3 is 9.64 Å². The maximum atomic E-state index is 12.6. The van der Waals surface area contributed by atoms with Crippen LogP contribution in [0.3, 0.4) is 0 Å². The highest BCUT2D eigenvalue weighted by molar-refractivity contribution is 6.10. The summed E-state index contributed by atoms with van der Waals surface area (Å²) in [5.41, 5.74) is 2.25. The second kappa shape index (κ2) is 7.23. The highest BCUT2D eigenvalue weighted by Crippen LogP contribution is 2.18. The van der Waals surface area contributed by atoms with E-state index in [0.717, 1.165) is 0 Å². The first-order valence-electron chi connectivity index (χ1n) is 8.05. The third-order valence-electron chi connectivity index (χ3n) is 4.11. The fourth-order valence-electron chi connectivity index (χ4n) is 2.59. The van der Waals surface area contributed by atoms with Crippen LogP contribution in [0.2, 0.25) is 0 Å². The van der Waals surface area contributed by atoms with Gasteiger partial charge in [-0.2, -0.15) is 5.10 Å². The lowest BCUT2D eigenvalue weighted by molar-refractivity contribution is 0.0990. The van der Waals surface area contributed by atoms with Gasteiger partial charge in [0, 0.05) is 37.0 Å². The first-order chi connectivity index (χ1) is 12.5. The zero-order chi connectivity index (χ0) is 18.7. The molecule has 26 heavy (non-hydrogen) atoms. The molecular formula is C20H19N3O3. The van der Waals surface area contributed by atoms with E-state index in [-0.39, 0.29) is 11.7 Å². The molecule has 3 aromatic rings. The minimum absolute atomic E-state index is 0.122. The van der Waals surface area contributed by atoms with E-state index in [1.807, 2.05) is 0 Å². The summed E-state index contributed by atoms with van der Waals surface area (Å²) >= 11 is 0. The maximum Gasteiger partial charge on any atom is 0.258 e. The zero-order valence-corrected chi connectivity index (χ0v) is 14.8. The molecule has 0 unspecified atom stereocenters. The van der Waals surface area contributed by atoms with Crippen LogP contribution in [-0.2, 0) is 7.05 Å². The van der Waals surface area contributed by atoms with Crippen LogP contribution < -0.4 is 9.64 Å². The van der Waals surface area contributed by atoms with Crippen molar-refractivity contribution in [3.8, 4) is 5.75 Å². The quantitative estimate of drug-likeness (QED) is 0.665. The summed E-state index contributed by atoms with van der Waals surface area (Å²) in [7, 11) is 5.04. The van der Waals surface area contributed by atoms with Gasteiger partial charge >= 0.3 is 0 Å². The average molecular weight is 349 g/mol. The Kier molecular flexibility index (Phi) is 4.84. The topological polar surface area (TPSA) is 64.4 Å². The molecule has 2 aromatic carbocycles. The molecule has 0 atom stereocenters. The Morgan fingerprint density at radius 2 is 1.73 bits per heavy atom. The van der Waals surface area contributed by atoms with E-state index in [1.54, 1.807) is 86.8 Å². The fourth-order valence-corrected chi connectivity index (χ4v) is 2.59. The summed E-state index contributed by atoms with van der Waals surface area (Å²) in [5.74, 6) is 0.336. The standard InChI is InChI=1S/C20H19N3O3/c1-22-13-17(12-21-22)23(2)20(25)15-9-7-14(8-10-15)19(24)16-5-4-6-18(11-16)26-3/h4-13H,1-3H3. The predicted octanol–water partition coefficient (Wildman–Crippen LogP) is 2.94. The van der Waals surface area contributed by atoms with Gasteiger partial charge in [-0.25, -0.2) is 0 Å². The number of methoxy groups -OCH3 is 1. The first-order valence-corrected chi connectivity index (χ1v) is 8.05. The molecule has 1 heterocycles. The fraction of sp³-hybridized carbons (Fsp3) is 0.150. The highest BCUT2D eigenvalue weighted by atomic mass is 16.5. The molecule has 0 aliphatic carbocycles. The van der Waals surface area contributed by atoms with Crippen LogP contribution in [0.15, 0.2) is 60.9 Å². The zero-order valence-electron chi connectivity index (χ0n) is 14.8. The van der Waals surface area contributed by atoms with Crippen molar-refractivity contribution >= 4 is 17.4 Å². The molecule has 0 aliphatic rings. The number of rotatable bonds is 5. The molecular weight excluding hydrogens is 330 g/mol. The van der Waals surface area contributed by atoms with Crippen molar-refractivity contribution < 1.29 is 14.3 Å². The van der Waals surface area contributed by atoms with E-state index < -0.39 is 0 Å². The SMILES string of the molecule is COc1cccc(C(=O)c2ccc(C(=O)N(C)c3cnn(C)c3)cc2)c1. The molecule has 0 fully saturated rings. The minimum Gasteiger partial charge on any atom is -0.497 e. The van der Waals surface area contributed by atoms with Crippen LogP contribution in [-0.4, -0.2) is 35.6 Å². The van der Waals surface area contributed by atoms with Gasteiger partial charge in [-0.3, -0.25) is 14.3 Å². The summed E-state index contributed by atoms with van der Waals surface area (Å²) in [5, 5.41) is 4.07. The van der Waals surface area contributed by atoms with E-state index in [1.165, 1.54) is 4.90 Å². The third kappa shape index (κ3) is 3.49. The van der Waals surface area contributed by atoms with Gasteiger partial charge in [0.05, 0.1) is 19.0 Å². The van der Waals surface area contributed by atoms with Gasteiger partial charge in [-0.15, -0.1) is 0 Å². The van der Waals surface area contributed by atoms with E-state index in [0.29, 0.717) is 28.1 Å². The Balaban J connectivity index is 1.79. The third-order valence-corrected chi connectivity index (χ3v) is 4.11. The number of carbonyl (C=O) groups is 2. The normalized spacial score (nSPS) is 10.4. The number of ketones is 1. The van der Waals surface area contributed by atoms with Crippen molar-refractivity contribution in [1.82, 2.24) is 9.78 Å². The van der Waals surface area contributed by atoms with Gasteiger partial charge in [0.2, 0.25) is 0 Å². The average Bonchev–Trinajstić information content (AvgIpc) is 3.12. The van der Waals surface area contributed by atoms with Crippen LogP contribution in [0, 0.1) is 0 Å². The van der Waals surface area contributed by atoms with Crippen molar-refractivity contribution in [2.45, 2.75) is 0 Å². The Labute approximate surface area is 151 Å². The van der Waals surface area contributed by atoms with Crippen molar-refractivity contribution in [1.29, 1.82) is 0 Å². The summed E-state index contributed by atoms with van der Waals surface area (Å²) in [6.07, 6.45) is 3.39. The predicted molar refractivity (Wildman–Crippen MR) is 98.8 cm³/mol. The van der Waals surface area contributed by atoms with Crippen LogP contribution in [0.25, 0.3) is 0 Å². The Morgan fingerprint density at radius 3 is 2.35 bits per heavy atom. The summed E-state index contributed by atoms with van der Waals surface area (Å²) in [6.45, 7) is 0. The number of amides is 1. The smallest absolute Gasteiger partial charge is 0.258 e. The van der Waals surface area contributed by atoms with Crippen LogP contribution in [0.5, 0.6) is 5.75 Å². The highest BCUT2D eigenvalue weighted by Gasteiger charge is 2.16.